The Kier molecular flexibility index (Phi) is 3.89. The molecule has 0 spiro atoms. The Morgan fingerprint density at radius 1 is 1.11 bits per heavy atom. The van der Waals surface area contributed by atoms with E-state index in [-0.39, 0.29) is 0 Å². The fourth-order valence-electron chi connectivity index (χ4n) is 1.75. The Hall–Kier alpha value is -1.94. The molecule has 0 saturated heterocycles. The average Bonchev–Trinajstić information content (AvgIpc) is 2.41. The molecule has 0 aliphatic carbocycles. The van der Waals surface area contributed by atoms with Gasteiger partial charge in [-0.3, -0.25) is 0 Å². The highest BCUT2D eigenvalue weighted by Gasteiger charge is 2.21. The van der Waals surface area contributed by atoms with E-state index in [1.54, 1.807) is 18.5 Å². The molecule has 0 fully saturated rings. The van der Waals surface area contributed by atoms with E-state index in [9.17, 15) is 5.11 Å². The number of hydrogen-bond donors (Lipinski definition) is 2. The Labute approximate surface area is 107 Å². The first-order valence-corrected chi connectivity index (χ1v) is 5.97. The minimum Gasteiger partial charge on any atom is -0.385 e. The van der Waals surface area contributed by atoms with E-state index in [1.165, 1.54) is 0 Å². The molecule has 4 nitrogen and oxygen atoms in total. The SMILES string of the molecule is CC(O)(CCNc1ncccn1)c1ccccc1. The zero-order valence-corrected chi connectivity index (χ0v) is 10.4. The van der Waals surface area contributed by atoms with Gasteiger partial charge in [0.1, 0.15) is 0 Å². The van der Waals surface area contributed by atoms with Crippen LogP contribution in [-0.2, 0) is 5.60 Å². The van der Waals surface area contributed by atoms with E-state index in [1.807, 2.05) is 37.3 Å². The lowest BCUT2D eigenvalue weighted by Gasteiger charge is -2.23. The fraction of sp³-hybridized carbons (Fsp3) is 0.286. The van der Waals surface area contributed by atoms with Gasteiger partial charge < -0.3 is 10.4 Å². The number of hydrogen-bond acceptors (Lipinski definition) is 4. The molecule has 1 aromatic heterocycles. The van der Waals surface area contributed by atoms with Gasteiger partial charge in [-0.15, -0.1) is 0 Å². The highest BCUT2D eigenvalue weighted by atomic mass is 16.3. The summed E-state index contributed by atoms with van der Waals surface area (Å²) in [5.41, 5.74) is 0.0732. The summed E-state index contributed by atoms with van der Waals surface area (Å²) in [5.74, 6) is 0.585. The molecule has 1 atom stereocenters. The standard InChI is InChI=1S/C14H17N3O/c1-14(18,12-6-3-2-4-7-12)8-11-17-13-15-9-5-10-16-13/h2-7,9-10,18H,8,11H2,1H3,(H,15,16,17). The molecule has 4 heteroatoms. The third-order valence-electron chi connectivity index (χ3n) is 2.86. The van der Waals surface area contributed by atoms with Gasteiger partial charge in [-0.05, 0) is 25.0 Å². The molecule has 0 bridgehead atoms. The highest BCUT2D eigenvalue weighted by Crippen LogP contribution is 2.23. The molecule has 0 radical (unpaired) electrons. The molecule has 1 aromatic carbocycles. The number of aliphatic hydroxyl groups is 1. The van der Waals surface area contributed by atoms with Crippen molar-refractivity contribution in [3.8, 4) is 0 Å². The topological polar surface area (TPSA) is 58.0 Å². The van der Waals surface area contributed by atoms with Gasteiger partial charge in [-0.1, -0.05) is 30.3 Å². The van der Waals surface area contributed by atoms with Crippen LogP contribution in [0.15, 0.2) is 48.8 Å². The molecule has 18 heavy (non-hydrogen) atoms. The minimum atomic E-state index is -0.844. The van der Waals surface area contributed by atoms with Crippen molar-refractivity contribution in [3.63, 3.8) is 0 Å². The molecule has 94 valence electrons. The van der Waals surface area contributed by atoms with Crippen LogP contribution >= 0.6 is 0 Å². The van der Waals surface area contributed by atoms with Crippen LogP contribution < -0.4 is 5.32 Å². The maximum absolute atomic E-state index is 10.4. The first-order valence-electron chi connectivity index (χ1n) is 5.97. The molecule has 0 aliphatic rings. The van der Waals surface area contributed by atoms with E-state index in [0.717, 1.165) is 5.56 Å². The van der Waals surface area contributed by atoms with Gasteiger partial charge in [0, 0.05) is 18.9 Å². The fourth-order valence-corrected chi connectivity index (χ4v) is 1.75. The zero-order valence-electron chi connectivity index (χ0n) is 10.4. The van der Waals surface area contributed by atoms with Crippen molar-refractivity contribution in [2.24, 2.45) is 0 Å². The van der Waals surface area contributed by atoms with Crippen LogP contribution in [-0.4, -0.2) is 21.6 Å². The van der Waals surface area contributed by atoms with Crippen LogP contribution in [0.5, 0.6) is 0 Å². The van der Waals surface area contributed by atoms with E-state index in [4.69, 9.17) is 0 Å². The molecule has 2 aromatic rings. The minimum absolute atomic E-state index is 0.585. The summed E-state index contributed by atoms with van der Waals surface area (Å²) < 4.78 is 0. The molecule has 2 rings (SSSR count). The van der Waals surface area contributed by atoms with Gasteiger partial charge in [-0.2, -0.15) is 0 Å². The first kappa shape index (κ1) is 12.5. The van der Waals surface area contributed by atoms with Gasteiger partial charge >= 0.3 is 0 Å². The Bertz CT molecular complexity index is 471. The van der Waals surface area contributed by atoms with Crippen molar-refractivity contribution in [1.82, 2.24) is 9.97 Å². The lowest BCUT2D eigenvalue weighted by molar-refractivity contribution is 0.0515. The predicted molar refractivity (Wildman–Crippen MR) is 71.2 cm³/mol. The van der Waals surface area contributed by atoms with E-state index in [2.05, 4.69) is 15.3 Å². The summed E-state index contributed by atoms with van der Waals surface area (Å²) in [4.78, 5) is 8.13. The van der Waals surface area contributed by atoms with E-state index in [0.29, 0.717) is 18.9 Å². The smallest absolute Gasteiger partial charge is 0.222 e. The maximum atomic E-state index is 10.4. The predicted octanol–water partition coefficient (Wildman–Crippen LogP) is 2.19. The third kappa shape index (κ3) is 3.28. The van der Waals surface area contributed by atoms with Gasteiger partial charge in [0.2, 0.25) is 5.95 Å². The van der Waals surface area contributed by atoms with E-state index >= 15 is 0 Å². The molecule has 1 unspecified atom stereocenters. The second-order valence-corrected chi connectivity index (χ2v) is 4.39. The monoisotopic (exact) mass is 243 g/mol. The molecule has 1 heterocycles. The van der Waals surface area contributed by atoms with Gasteiger partial charge in [-0.25, -0.2) is 9.97 Å². The van der Waals surface area contributed by atoms with E-state index < -0.39 is 5.60 Å². The second kappa shape index (κ2) is 5.60. The van der Waals surface area contributed by atoms with Crippen LogP contribution in [0.1, 0.15) is 18.9 Å². The van der Waals surface area contributed by atoms with Crippen molar-refractivity contribution in [2.45, 2.75) is 18.9 Å². The summed E-state index contributed by atoms with van der Waals surface area (Å²) in [6.07, 6.45) is 3.96. The van der Waals surface area contributed by atoms with Crippen molar-refractivity contribution >= 4 is 5.95 Å². The highest BCUT2D eigenvalue weighted by molar-refractivity contribution is 5.24. The number of benzene rings is 1. The molecule has 0 amide bonds. The summed E-state index contributed by atoms with van der Waals surface area (Å²) in [7, 11) is 0. The van der Waals surface area contributed by atoms with Crippen molar-refractivity contribution in [2.75, 3.05) is 11.9 Å². The number of nitrogens with zero attached hydrogens (tertiary/aromatic N) is 2. The van der Waals surface area contributed by atoms with Crippen LogP contribution in [0.3, 0.4) is 0 Å². The summed E-state index contributed by atoms with van der Waals surface area (Å²) in [5, 5.41) is 13.5. The van der Waals surface area contributed by atoms with Crippen LogP contribution in [0.2, 0.25) is 0 Å². The summed E-state index contributed by atoms with van der Waals surface area (Å²) >= 11 is 0. The Morgan fingerprint density at radius 2 is 1.78 bits per heavy atom. The number of aromatic nitrogens is 2. The van der Waals surface area contributed by atoms with Gasteiger partial charge in [0.25, 0.3) is 0 Å². The number of nitrogens with one attached hydrogen (secondary N) is 1. The van der Waals surface area contributed by atoms with Crippen molar-refractivity contribution in [3.05, 3.63) is 54.4 Å². The quantitative estimate of drug-likeness (QED) is 0.845. The molecule has 0 saturated carbocycles. The molecule has 2 N–H and O–H groups in total. The lowest BCUT2D eigenvalue weighted by atomic mass is 9.93. The average molecular weight is 243 g/mol. The van der Waals surface area contributed by atoms with Crippen LogP contribution in [0.4, 0.5) is 5.95 Å². The summed E-state index contributed by atoms with van der Waals surface area (Å²) in [6.45, 7) is 2.43. The number of anilines is 1. The molecular weight excluding hydrogens is 226 g/mol. The summed E-state index contributed by atoms with van der Waals surface area (Å²) in [6, 6.07) is 11.4. The Balaban J connectivity index is 1.90. The second-order valence-electron chi connectivity index (χ2n) is 4.39. The lowest BCUT2D eigenvalue weighted by Crippen LogP contribution is -2.24. The van der Waals surface area contributed by atoms with Crippen molar-refractivity contribution < 1.29 is 5.11 Å². The zero-order chi connectivity index (χ0) is 12.8. The van der Waals surface area contributed by atoms with Crippen LogP contribution in [0, 0.1) is 0 Å². The van der Waals surface area contributed by atoms with Gasteiger partial charge in [0.05, 0.1) is 5.60 Å². The van der Waals surface area contributed by atoms with Gasteiger partial charge in [0.15, 0.2) is 0 Å². The normalized spacial score (nSPS) is 13.9. The Morgan fingerprint density at radius 3 is 2.44 bits per heavy atom. The first-order chi connectivity index (χ1) is 8.68. The van der Waals surface area contributed by atoms with Crippen LogP contribution in [0.25, 0.3) is 0 Å². The third-order valence-corrected chi connectivity index (χ3v) is 2.86. The molecular formula is C14H17N3O. The largest absolute Gasteiger partial charge is 0.385 e. The van der Waals surface area contributed by atoms with Crippen molar-refractivity contribution in [1.29, 1.82) is 0 Å². The maximum Gasteiger partial charge on any atom is 0.222 e. The molecule has 0 aliphatic heterocycles. The number of rotatable bonds is 5.